The Labute approximate surface area is 170 Å². The van der Waals surface area contributed by atoms with Crippen LogP contribution < -0.4 is 21.1 Å². The normalized spacial score (nSPS) is 11.0. The number of primary amides is 1. The lowest BCUT2D eigenvalue weighted by atomic mass is 10.2. The number of rotatable bonds is 7. The van der Waals surface area contributed by atoms with Crippen molar-refractivity contribution in [1.29, 1.82) is 0 Å². The molecule has 1 heterocycles. The molecule has 30 heavy (non-hydrogen) atoms. The van der Waals surface area contributed by atoms with Crippen molar-refractivity contribution in [1.82, 2.24) is 9.97 Å². The van der Waals surface area contributed by atoms with Gasteiger partial charge in [0.25, 0.3) is 0 Å². The summed E-state index contributed by atoms with van der Waals surface area (Å²) in [7, 11) is -3.58. The SMILES string of the molecule is CS(=O)(=O)Nc1ccccc1Nc1nc(Nc2cc(C(N)=O)ccc2F)ncc1F. The van der Waals surface area contributed by atoms with Crippen molar-refractivity contribution in [2.75, 3.05) is 21.6 Å². The average molecular weight is 434 g/mol. The maximum absolute atomic E-state index is 14.2. The number of nitrogens with two attached hydrogens (primary N) is 1. The molecule has 0 aliphatic heterocycles. The van der Waals surface area contributed by atoms with Gasteiger partial charge in [0.2, 0.25) is 21.9 Å². The van der Waals surface area contributed by atoms with Crippen LogP contribution in [0.25, 0.3) is 0 Å². The van der Waals surface area contributed by atoms with E-state index in [1.807, 2.05) is 0 Å². The fourth-order valence-electron chi connectivity index (χ4n) is 2.42. The van der Waals surface area contributed by atoms with Gasteiger partial charge in [0.15, 0.2) is 11.6 Å². The Kier molecular flexibility index (Phi) is 5.78. The summed E-state index contributed by atoms with van der Waals surface area (Å²) in [4.78, 5) is 19.0. The van der Waals surface area contributed by atoms with E-state index in [2.05, 4.69) is 25.3 Å². The fourth-order valence-corrected chi connectivity index (χ4v) is 3.00. The van der Waals surface area contributed by atoms with Gasteiger partial charge in [-0.2, -0.15) is 4.98 Å². The lowest BCUT2D eigenvalue weighted by Gasteiger charge is -2.14. The molecule has 0 aliphatic rings. The van der Waals surface area contributed by atoms with E-state index in [4.69, 9.17) is 5.73 Å². The van der Waals surface area contributed by atoms with Crippen LogP contribution in [0.3, 0.4) is 0 Å². The van der Waals surface area contributed by atoms with E-state index in [0.717, 1.165) is 18.5 Å². The molecule has 1 amide bonds. The number of benzene rings is 2. The Bertz CT molecular complexity index is 1220. The fraction of sp³-hybridized carbons (Fsp3) is 0.0556. The first-order valence-electron chi connectivity index (χ1n) is 8.35. The lowest BCUT2D eigenvalue weighted by Crippen LogP contribution is -2.12. The highest BCUT2D eigenvalue weighted by Gasteiger charge is 2.13. The molecule has 2 aromatic carbocycles. The molecular formula is C18H16F2N6O3S. The van der Waals surface area contributed by atoms with E-state index in [-0.39, 0.29) is 34.4 Å². The summed E-state index contributed by atoms with van der Waals surface area (Å²) in [5.74, 6) is -2.75. The molecule has 5 N–H and O–H groups in total. The minimum atomic E-state index is -3.58. The second kappa shape index (κ2) is 8.29. The van der Waals surface area contributed by atoms with Gasteiger partial charge in [0.05, 0.1) is 29.5 Å². The lowest BCUT2D eigenvalue weighted by molar-refractivity contribution is 0.1000. The molecule has 0 saturated carbocycles. The third kappa shape index (κ3) is 5.17. The topological polar surface area (TPSA) is 139 Å². The Balaban J connectivity index is 1.91. The molecule has 3 aromatic rings. The van der Waals surface area contributed by atoms with E-state index in [1.165, 1.54) is 24.3 Å². The van der Waals surface area contributed by atoms with Crippen molar-refractivity contribution in [3.63, 3.8) is 0 Å². The molecule has 156 valence electrons. The number of hydrogen-bond acceptors (Lipinski definition) is 7. The van der Waals surface area contributed by atoms with Crippen LogP contribution in [-0.4, -0.2) is 30.5 Å². The van der Waals surface area contributed by atoms with Gasteiger partial charge < -0.3 is 16.4 Å². The minimum absolute atomic E-state index is 0.0557. The predicted molar refractivity (Wildman–Crippen MR) is 108 cm³/mol. The van der Waals surface area contributed by atoms with E-state index >= 15 is 0 Å². The zero-order valence-corrected chi connectivity index (χ0v) is 16.3. The smallest absolute Gasteiger partial charge is 0.248 e. The summed E-state index contributed by atoms with van der Waals surface area (Å²) >= 11 is 0. The summed E-state index contributed by atoms with van der Waals surface area (Å²) in [5.41, 5.74) is 5.51. The number of nitrogens with one attached hydrogen (secondary N) is 3. The van der Waals surface area contributed by atoms with Gasteiger partial charge in [-0.05, 0) is 30.3 Å². The molecule has 1 aromatic heterocycles. The van der Waals surface area contributed by atoms with E-state index in [0.29, 0.717) is 0 Å². The Morgan fingerprint density at radius 3 is 2.37 bits per heavy atom. The van der Waals surface area contributed by atoms with Crippen LogP contribution in [0, 0.1) is 11.6 Å². The highest BCUT2D eigenvalue weighted by Crippen LogP contribution is 2.27. The van der Waals surface area contributed by atoms with Crippen LogP contribution in [0.1, 0.15) is 10.4 Å². The van der Waals surface area contributed by atoms with E-state index < -0.39 is 27.6 Å². The summed E-state index contributed by atoms with van der Waals surface area (Å²) in [6.07, 6.45) is 1.83. The third-order valence-corrected chi connectivity index (χ3v) is 4.31. The number of halogens is 2. The summed E-state index contributed by atoms with van der Waals surface area (Å²) in [5, 5.41) is 5.22. The van der Waals surface area contributed by atoms with E-state index in [1.54, 1.807) is 12.1 Å². The zero-order valence-electron chi connectivity index (χ0n) is 15.5. The molecular weight excluding hydrogens is 418 g/mol. The Hall–Kier alpha value is -3.80. The van der Waals surface area contributed by atoms with Crippen molar-refractivity contribution in [3.8, 4) is 0 Å². The highest BCUT2D eigenvalue weighted by atomic mass is 32.2. The van der Waals surface area contributed by atoms with Crippen LogP contribution in [0.5, 0.6) is 0 Å². The number of hydrogen-bond donors (Lipinski definition) is 4. The summed E-state index contributed by atoms with van der Waals surface area (Å²) < 4.78 is 53.6. The first-order chi connectivity index (χ1) is 14.1. The first kappa shape index (κ1) is 20.9. The van der Waals surface area contributed by atoms with Gasteiger partial charge >= 0.3 is 0 Å². The third-order valence-electron chi connectivity index (χ3n) is 3.72. The molecule has 0 spiro atoms. The molecule has 0 bridgehead atoms. The van der Waals surface area contributed by atoms with Crippen molar-refractivity contribution in [3.05, 3.63) is 65.9 Å². The second-order valence-electron chi connectivity index (χ2n) is 6.12. The number of anilines is 5. The van der Waals surface area contributed by atoms with Gasteiger partial charge in [-0.25, -0.2) is 22.2 Å². The van der Waals surface area contributed by atoms with Crippen LogP contribution in [-0.2, 0) is 10.0 Å². The standard InChI is InChI=1S/C18H16F2N6O3S/c1-30(28,29)26-14-5-3-2-4-13(14)23-17-12(20)9-22-18(25-17)24-15-8-10(16(21)27)6-7-11(15)19/h2-9,26H,1H3,(H2,21,27)(H2,22,23,24,25). The van der Waals surface area contributed by atoms with Gasteiger partial charge in [-0.15, -0.1) is 0 Å². The molecule has 12 heteroatoms. The molecule has 3 rings (SSSR count). The molecule has 0 fully saturated rings. The summed E-state index contributed by atoms with van der Waals surface area (Å²) in [6.45, 7) is 0. The molecule has 9 nitrogen and oxygen atoms in total. The van der Waals surface area contributed by atoms with Crippen LogP contribution in [0.15, 0.2) is 48.7 Å². The molecule has 0 unspecified atom stereocenters. The highest BCUT2D eigenvalue weighted by molar-refractivity contribution is 7.92. The molecule has 0 aliphatic carbocycles. The van der Waals surface area contributed by atoms with Gasteiger partial charge in [0.1, 0.15) is 5.82 Å². The maximum atomic E-state index is 14.2. The van der Waals surface area contributed by atoms with Crippen molar-refractivity contribution >= 4 is 44.8 Å². The molecule has 0 atom stereocenters. The Morgan fingerprint density at radius 2 is 1.70 bits per heavy atom. The number of sulfonamides is 1. The number of carbonyl (C=O) groups excluding carboxylic acids is 1. The number of carbonyl (C=O) groups is 1. The second-order valence-corrected chi connectivity index (χ2v) is 7.87. The largest absolute Gasteiger partial charge is 0.366 e. The van der Waals surface area contributed by atoms with Crippen molar-refractivity contribution < 1.29 is 22.0 Å². The average Bonchev–Trinajstić information content (AvgIpc) is 2.66. The van der Waals surface area contributed by atoms with Crippen molar-refractivity contribution in [2.24, 2.45) is 5.73 Å². The monoisotopic (exact) mass is 434 g/mol. The minimum Gasteiger partial charge on any atom is -0.366 e. The van der Waals surface area contributed by atoms with Crippen LogP contribution >= 0.6 is 0 Å². The molecule has 0 radical (unpaired) electrons. The molecule has 0 saturated heterocycles. The first-order valence-corrected chi connectivity index (χ1v) is 10.2. The summed E-state index contributed by atoms with van der Waals surface area (Å²) in [6, 6.07) is 9.62. The number of nitrogens with zero attached hydrogens (tertiary/aromatic N) is 2. The maximum Gasteiger partial charge on any atom is 0.248 e. The number of amides is 1. The van der Waals surface area contributed by atoms with Gasteiger partial charge in [-0.1, -0.05) is 12.1 Å². The predicted octanol–water partition coefficient (Wildman–Crippen LogP) is 2.71. The van der Waals surface area contributed by atoms with Crippen molar-refractivity contribution in [2.45, 2.75) is 0 Å². The van der Waals surface area contributed by atoms with Crippen LogP contribution in [0.2, 0.25) is 0 Å². The number of aromatic nitrogens is 2. The zero-order chi connectivity index (χ0) is 21.9. The quantitative estimate of drug-likeness (QED) is 0.448. The van der Waals surface area contributed by atoms with E-state index in [9.17, 15) is 22.0 Å². The van der Waals surface area contributed by atoms with Crippen LogP contribution in [0.4, 0.5) is 37.6 Å². The van der Waals surface area contributed by atoms with Gasteiger partial charge in [-0.3, -0.25) is 9.52 Å². The Morgan fingerprint density at radius 1 is 1.00 bits per heavy atom. The van der Waals surface area contributed by atoms with Gasteiger partial charge in [0, 0.05) is 5.56 Å². The number of para-hydroxylation sites is 2.